The molecule has 1 amide bonds. The van der Waals surface area contributed by atoms with Gasteiger partial charge in [-0.15, -0.1) is 0 Å². The second-order valence-corrected chi connectivity index (χ2v) is 7.04. The van der Waals surface area contributed by atoms with E-state index in [1.807, 2.05) is 67.6 Å². The third kappa shape index (κ3) is 4.27. The summed E-state index contributed by atoms with van der Waals surface area (Å²) >= 11 is 0. The highest BCUT2D eigenvalue weighted by Crippen LogP contribution is 2.25. The first-order chi connectivity index (χ1) is 14.1. The van der Waals surface area contributed by atoms with E-state index in [0.717, 1.165) is 22.6 Å². The molecule has 0 fully saturated rings. The van der Waals surface area contributed by atoms with Crippen molar-refractivity contribution in [1.82, 2.24) is 0 Å². The number of anilines is 1. The smallest absolute Gasteiger partial charge is 0.280 e. The van der Waals surface area contributed by atoms with Gasteiger partial charge in [0.05, 0.1) is 17.0 Å². The van der Waals surface area contributed by atoms with E-state index in [-0.39, 0.29) is 5.91 Å². The van der Waals surface area contributed by atoms with Crippen molar-refractivity contribution < 1.29 is 9.53 Å². The number of nitrogens with zero attached hydrogens (tertiary/aromatic N) is 2. The summed E-state index contributed by atoms with van der Waals surface area (Å²) < 4.78 is 5.93. The van der Waals surface area contributed by atoms with E-state index in [2.05, 4.69) is 36.3 Å². The second-order valence-electron chi connectivity index (χ2n) is 7.04. The number of para-hydroxylation sites is 1. The number of amides is 1. The molecule has 0 aromatic heterocycles. The Bertz CT molecular complexity index is 1080. The van der Waals surface area contributed by atoms with Gasteiger partial charge in [-0.3, -0.25) is 4.79 Å². The van der Waals surface area contributed by atoms with Crippen molar-refractivity contribution in [3.05, 3.63) is 101 Å². The lowest BCUT2D eigenvalue weighted by atomic mass is 10.1. The summed E-state index contributed by atoms with van der Waals surface area (Å²) in [6.07, 6.45) is 1.86. The van der Waals surface area contributed by atoms with E-state index in [4.69, 9.17) is 4.74 Å². The maximum atomic E-state index is 12.9. The predicted octanol–water partition coefficient (Wildman–Crippen LogP) is 5.38. The lowest BCUT2D eigenvalue weighted by molar-refractivity contribution is -0.114. The van der Waals surface area contributed by atoms with E-state index in [9.17, 15) is 4.79 Å². The summed E-state index contributed by atoms with van der Waals surface area (Å²) in [5.41, 5.74) is 5.29. The fourth-order valence-electron chi connectivity index (χ4n) is 3.14. The number of benzene rings is 3. The molecule has 4 rings (SSSR count). The molecule has 0 atom stereocenters. The third-order valence-corrected chi connectivity index (χ3v) is 4.76. The van der Waals surface area contributed by atoms with Crippen LogP contribution < -0.4 is 9.75 Å². The molecule has 1 heterocycles. The molecule has 4 nitrogen and oxygen atoms in total. The summed E-state index contributed by atoms with van der Waals surface area (Å²) in [6, 6.07) is 25.5. The van der Waals surface area contributed by atoms with Gasteiger partial charge in [0.15, 0.2) is 0 Å². The van der Waals surface area contributed by atoms with Gasteiger partial charge in [0.2, 0.25) is 0 Å². The molecule has 29 heavy (non-hydrogen) atoms. The van der Waals surface area contributed by atoms with E-state index < -0.39 is 0 Å². The molecule has 4 heteroatoms. The maximum absolute atomic E-state index is 12.9. The normalized spacial score (nSPS) is 15.0. The van der Waals surface area contributed by atoms with E-state index >= 15 is 0 Å². The van der Waals surface area contributed by atoms with Crippen LogP contribution in [-0.4, -0.2) is 11.6 Å². The molecular formula is C25H22N2O2. The summed E-state index contributed by atoms with van der Waals surface area (Å²) in [4.78, 5) is 12.9. The lowest BCUT2D eigenvalue weighted by Gasteiger charge is -2.11. The molecule has 3 aromatic carbocycles. The average molecular weight is 382 g/mol. The van der Waals surface area contributed by atoms with Crippen LogP contribution in [-0.2, 0) is 11.4 Å². The first kappa shape index (κ1) is 18.7. The van der Waals surface area contributed by atoms with Crippen LogP contribution in [0.2, 0.25) is 0 Å². The average Bonchev–Trinajstić information content (AvgIpc) is 3.03. The summed E-state index contributed by atoms with van der Waals surface area (Å²) in [7, 11) is 0. The monoisotopic (exact) mass is 382 g/mol. The fraction of sp³-hybridized carbons (Fsp3) is 0.120. The van der Waals surface area contributed by atoms with Gasteiger partial charge in [-0.25, -0.2) is 0 Å². The molecular weight excluding hydrogens is 360 g/mol. The highest BCUT2D eigenvalue weighted by Gasteiger charge is 2.28. The number of hydrogen-bond acceptors (Lipinski definition) is 3. The van der Waals surface area contributed by atoms with Crippen LogP contribution in [0, 0.1) is 6.92 Å². The zero-order valence-corrected chi connectivity index (χ0v) is 16.5. The Balaban J connectivity index is 1.51. The van der Waals surface area contributed by atoms with Gasteiger partial charge in [-0.2, -0.15) is 10.1 Å². The highest BCUT2D eigenvalue weighted by atomic mass is 16.5. The Morgan fingerprint density at radius 3 is 2.45 bits per heavy atom. The van der Waals surface area contributed by atoms with Crippen LogP contribution in [0.25, 0.3) is 6.08 Å². The molecule has 0 radical (unpaired) electrons. The topological polar surface area (TPSA) is 41.9 Å². The summed E-state index contributed by atoms with van der Waals surface area (Å²) in [6.45, 7) is 4.42. The van der Waals surface area contributed by atoms with Crippen molar-refractivity contribution in [3.8, 4) is 5.75 Å². The van der Waals surface area contributed by atoms with Gasteiger partial charge < -0.3 is 4.74 Å². The molecule has 144 valence electrons. The Morgan fingerprint density at radius 1 is 0.931 bits per heavy atom. The third-order valence-electron chi connectivity index (χ3n) is 4.76. The molecule has 0 N–H and O–H groups in total. The Labute approximate surface area is 170 Å². The van der Waals surface area contributed by atoms with Crippen LogP contribution in [0.3, 0.4) is 0 Å². The highest BCUT2D eigenvalue weighted by molar-refractivity contribution is 6.32. The molecule has 1 aliphatic heterocycles. The molecule has 0 unspecified atom stereocenters. The lowest BCUT2D eigenvalue weighted by Crippen LogP contribution is -2.21. The number of aryl methyl sites for hydroxylation is 1. The summed E-state index contributed by atoms with van der Waals surface area (Å²) in [5.74, 6) is 0.638. The zero-order chi connectivity index (χ0) is 20.2. The Morgan fingerprint density at radius 2 is 1.69 bits per heavy atom. The molecule has 3 aromatic rings. The molecule has 0 aliphatic carbocycles. The van der Waals surface area contributed by atoms with Crippen molar-refractivity contribution in [1.29, 1.82) is 0 Å². The maximum Gasteiger partial charge on any atom is 0.280 e. The quantitative estimate of drug-likeness (QED) is 0.556. The van der Waals surface area contributed by atoms with Crippen LogP contribution in [0.15, 0.2) is 89.5 Å². The van der Waals surface area contributed by atoms with Crippen molar-refractivity contribution in [2.75, 3.05) is 5.01 Å². The van der Waals surface area contributed by atoms with E-state index in [0.29, 0.717) is 17.9 Å². The first-order valence-electron chi connectivity index (χ1n) is 9.55. The van der Waals surface area contributed by atoms with Crippen LogP contribution in [0.5, 0.6) is 5.75 Å². The van der Waals surface area contributed by atoms with Gasteiger partial charge in [-0.05, 0) is 55.3 Å². The van der Waals surface area contributed by atoms with Gasteiger partial charge in [0.25, 0.3) is 5.91 Å². The number of hydrogen-bond donors (Lipinski definition) is 0. The molecule has 0 saturated carbocycles. The number of carbonyl (C=O) groups excluding carboxylic acids is 1. The van der Waals surface area contributed by atoms with Crippen LogP contribution in [0.4, 0.5) is 5.69 Å². The van der Waals surface area contributed by atoms with Crippen molar-refractivity contribution in [2.45, 2.75) is 20.5 Å². The van der Waals surface area contributed by atoms with Gasteiger partial charge in [-0.1, -0.05) is 60.2 Å². The zero-order valence-electron chi connectivity index (χ0n) is 16.5. The van der Waals surface area contributed by atoms with Gasteiger partial charge in [0.1, 0.15) is 12.4 Å². The van der Waals surface area contributed by atoms with Crippen molar-refractivity contribution >= 4 is 23.4 Å². The molecule has 1 aliphatic rings. The van der Waals surface area contributed by atoms with Crippen molar-refractivity contribution in [3.63, 3.8) is 0 Å². The minimum absolute atomic E-state index is 0.125. The Kier molecular flexibility index (Phi) is 5.25. The number of ether oxygens (including phenoxy) is 1. The van der Waals surface area contributed by atoms with E-state index in [1.165, 1.54) is 10.6 Å². The summed E-state index contributed by atoms with van der Waals surface area (Å²) in [5, 5.41) is 5.87. The van der Waals surface area contributed by atoms with Gasteiger partial charge in [0, 0.05) is 0 Å². The largest absolute Gasteiger partial charge is 0.489 e. The standard InChI is InChI=1S/C25H22N2O2/c1-18-11-13-20(14-12-18)17-29-23-10-6-7-21(15-23)16-24-19(2)26-27(25(24)28)22-8-4-3-5-9-22/h3-16H,17H2,1-2H3/b24-16+. The van der Waals surface area contributed by atoms with E-state index in [1.54, 1.807) is 0 Å². The van der Waals surface area contributed by atoms with Gasteiger partial charge >= 0.3 is 0 Å². The predicted molar refractivity (Wildman–Crippen MR) is 117 cm³/mol. The fourth-order valence-corrected chi connectivity index (χ4v) is 3.14. The molecule has 0 bridgehead atoms. The van der Waals surface area contributed by atoms with Crippen LogP contribution in [0.1, 0.15) is 23.6 Å². The second kappa shape index (κ2) is 8.15. The number of hydrazone groups is 1. The Hall–Kier alpha value is -3.66. The first-order valence-corrected chi connectivity index (χ1v) is 9.55. The number of carbonyl (C=O) groups is 1. The molecule has 0 saturated heterocycles. The van der Waals surface area contributed by atoms with Crippen LogP contribution >= 0.6 is 0 Å². The minimum atomic E-state index is -0.125. The SMILES string of the molecule is CC1=NN(c2ccccc2)C(=O)/C1=C/c1cccc(OCc2ccc(C)cc2)c1. The minimum Gasteiger partial charge on any atom is -0.489 e. The van der Waals surface area contributed by atoms with Crippen molar-refractivity contribution in [2.24, 2.45) is 5.10 Å². The molecule has 0 spiro atoms. The number of rotatable bonds is 5.